The largest absolute Gasteiger partial charge is 0.358 e. The van der Waals surface area contributed by atoms with Gasteiger partial charge in [-0.3, -0.25) is 9.69 Å². The number of nitrogens with zero attached hydrogens (tertiary/aromatic N) is 3. The number of likely N-dealkylation sites (N-methyl/N-ethyl adjacent to an activating group) is 1. The van der Waals surface area contributed by atoms with Crippen molar-refractivity contribution in [3.63, 3.8) is 0 Å². The highest BCUT2D eigenvalue weighted by Gasteiger charge is 2.27. The van der Waals surface area contributed by atoms with Crippen LogP contribution in [0, 0.1) is 5.92 Å². The third-order valence-electron chi connectivity index (χ3n) is 5.25. The van der Waals surface area contributed by atoms with Gasteiger partial charge in [0.25, 0.3) is 0 Å². The Labute approximate surface area is 129 Å². The molecule has 1 N–H and O–H groups in total. The molecule has 1 amide bonds. The summed E-state index contributed by atoms with van der Waals surface area (Å²) in [5.74, 6) is 1.01. The highest BCUT2D eigenvalue weighted by molar-refractivity contribution is 5.80. The molecule has 2 aliphatic rings. The SMILES string of the molecule is CCN1CCC(CN2CCN(C(C)C(=O)NC)CC2)CC1. The molecule has 2 heterocycles. The predicted octanol–water partition coefficient (Wildman–Crippen LogP) is 0.470. The third kappa shape index (κ3) is 4.66. The van der Waals surface area contributed by atoms with Gasteiger partial charge in [0.15, 0.2) is 0 Å². The molecule has 21 heavy (non-hydrogen) atoms. The van der Waals surface area contributed by atoms with Crippen molar-refractivity contribution < 1.29 is 4.79 Å². The Hall–Kier alpha value is -0.650. The molecule has 0 spiro atoms. The Kier molecular flexibility index (Phi) is 6.45. The summed E-state index contributed by atoms with van der Waals surface area (Å²) in [6.07, 6.45) is 2.70. The number of carbonyl (C=O) groups excluding carboxylic acids is 1. The van der Waals surface area contributed by atoms with E-state index in [9.17, 15) is 4.79 Å². The molecule has 0 aliphatic carbocycles. The molecule has 0 radical (unpaired) electrons. The first-order valence-corrected chi connectivity index (χ1v) is 8.54. The molecule has 0 aromatic heterocycles. The maximum Gasteiger partial charge on any atom is 0.236 e. The second-order valence-corrected chi connectivity index (χ2v) is 6.50. The summed E-state index contributed by atoms with van der Waals surface area (Å²) >= 11 is 0. The van der Waals surface area contributed by atoms with E-state index in [0.29, 0.717) is 0 Å². The van der Waals surface area contributed by atoms with E-state index >= 15 is 0 Å². The van der Waals surface area contributed by atoms with Crippen LogP contribution < -0.4 is 5.32 Å². The lowest BCUT2D eigenvalue weighted by atomic mass is 9.96. The number of rotatable bonds is 5. The molecule has 0 saturated carbocycles. The van der Waals surface area contributed by atoms with Crippen LogP contribution in [0.1, 0.15) is 26.7 Å². The smallest absolute Gasteiger partial charge is 0.236 e. The fourth-order valence-corrected chi connectivity index (χ4v) is 3.56. The predicted molar refractivity (Wildman–Crippen MR) is 86.4 cm³/mol. The van der Waals surface area contributed by atoms with E-state index < -0.39 is 0 Å². The number of nitrogens with one attached hydrogen (secondary N) is 1. The normalized spacial score (nSPS) is 24.9. The Bertz CT molecular complexity index is 320. The van der Waals surface area contributed by atoms with Gasteiger partial charge >= 0.3 is 0 Å². The number of hydrogen-bond donors (Lipinski definition) is 1. The molecule has 5 heteroatoms. The van der Waals surface area contributed by atoms with Gasteiger partial charge in [0.05, 0.1) is 6.04 Å². The Morgan fingerprint density at radius 3 is 2.24 bits per heavy atom. The number of piperidine rings is 1. The molecule has 0 bridgehead atoms. The molecule has 2 fully saturated rings. The van der Waals surface area contributed by atoms with Crippen LogP contribution >= 0.6 is 0 Å². The van der Waals surface area contributed by atoms with Crippen molar-refractivity contribution in [1.82, 2.24) is 20.0 Å². The zero-order chi connectivity index (χ0) is 15.2. The van der Waals surface area contributed by atoms with Crippen LogP contribution in [0.3, 0.4) is 0 Å². The van der Waals surface area contributed by atoms with Gasteiger partial charge in [-0.2, -0.15) is 0 Å². The third-order valence-corrected chi connectivity index (χ3v) is 5.25. The van der Waals surface area contributed by atoms with Crippen LogP contribution in [0.15, 0.2) is 0 Å². The van der Waals surface area contributed by atoms with E-state index in [4.69, 9.17) is 0 Å². The summed E-state index contributed by atoms with van der Waals surface area (Å²) in [7, 11) is 1.72. The molecule has 0 aromatic rings. The minimum Gasteiger partial charge on any atom is -0.358 e. The molecular weight excluding hydrogens is 264 g/mol. The summed E-state index contributed by atoms with van der Waals surface area (Å²) in [5.41, 5.74) is 0. The summed E-state index contributed by atoms with van der Waals surface area (Å²) in [6.45, 7) is 13.5. The molecule has 5 nitrogen and oxygen atoms in total. The Balaban J connectivity index is 1.69. The van der Waals surface area contributed by atoms with Crippen molar-refractivity contribution in [3.8, 4) is 0 Å². The van der Waals surface area contributed by atoms with Gasteiger partial charge in [0.1, 0.15) is 0 Å². The highest BCUT2D eigenvalue weighted by atomic mass is 16.2. The maximum absolute atomic E-state index is 11.7. The lowest BCUT2D eigenvalue weighted by molar-refractivity contribution is -0.126. The van der Waals surface area contributed by atoms with E-state index in [-0.39, 0.29) is 11.9 Å². The first-order valence-electron chi connectivity index (χ1n) is 8.54. The van der Waals surface area contributed by atoms with Gasteiger partial charge < -0.3 is 15.1 Å². The molecule has 2 saturated heterocycles. The standard InChI is InChI=1S/C16H32N4O/c1-4-18-7-5-15(6-8-18)13-19-9-11-20(12-10-19)14(2)16(21)17-3/h14-15H,4-13H2,1-3H3,(H,17,21). The fraction of sp³-hybridized carbons (Fsp3) is 0.938. The van der Waals surface area contributed by atoms with Gasteiger partial charge in [0, 0.05) is 39.8 Å². The van der Waals surface area contributed by atoms with E-state index in [1.165, 1.54) is 39.0 Å². The van der Waals surface area contributed by atoms with E-state index in [0.717, 1.165) is 32.1 Å². The molecule has 1 unspecified atom stereocenters. The maximum atomic E-state index is 11.7. The van der Waals surface area contributed by atoms with Crippen LogP contribution in [0.2, 0.25) is 0 Å². The van der Waals surface area contributed by atoms with Crippen molar-refractivity contribution in [1.29, 1.82) is 0 Å². The van der Waals surface area contributed by atoms with Gasteiger partial charge in [-0.05, 0) is 45.3 Å². The molecule has 0 aromatic carbocycles. The molecule has 1 atom stereocenters. The van der Waals surface area contributed by atoms with Crippen molar-refractivity contribution in [3.05, 3.63) is 0 Å². The van der Waals surface area contributed by atoms with Gasteiger partial charge in [0.2, 0.25) is 5.91 Å². The lowest BCUT2D eigenvalue weighted by Crippen LogP contribution is -2.54. The summed E-state index contributed by atoms with van der Waals surface area (Å²) in [6, 6.07) is 0.00458. The van der Waals surface area contributed by atoms with Crippen LogP contribution in [0.5, 0.6) is 0 Å². The Morgan fingerprint density at radius 2 is 1.71 bits per heavy atom. The molecule has 2 rings (SSSR count). The number of likely N-dealkylation sites (tertiary alicyclic amines) is 1. The average Bonchev–Trinajstić information content (AvgIpc) is 2.55. The minimum absolute atomic E-state index is 0.00458. The van der Waals surface area contributed by atoms with Crippen molar-refractivity contribution in [2.45, 2.75) is 32.7 Å². The second-order valence-electron chi connectivity index (χ2n) is 6.50. The van der Waals surface area contributed by atoms with Crippen LogP contribution in [-0.2, 0) is 4.79 Å². The fourth-order valence-electron chi connectivity index (χ4n) is 3.56. The van der Waals surface area contributed by atoms with Crippen molar-refractivity contribution in [2.75, 3.05) is 59.4 Å². The summed E-state index contributed by atoms with van der Waals surface area (Å²) in [4.78, 5) is 19.1. The number of carbonyl (C=O) groups is 1. The van der Waals surface area contributed by atoms with Crippen molar-refractivity contribution in [2.24, 2.45) is 5.92 Å². The van der Waals surface area contributed by atoms with Crippen LogP contribution in [-0.4, -0.2) is 86.1 Å². The van der Waals surface area contributed by atoms with Gasteiger partial charge in [-0.25, -0.2) is 0 Å². The number of amides is 1. The first-order chi connectivity index (χ1) is 10.1. The highest BCUT2D eigenvalue weighted by Crippen LogP contribution is 2.19. The molecule has 2 aliphatic heterocycles. The molecule has 122 valence electrons. The van der Waals surface area contributed by atoms with E-state index in [1.807, 2.05) is 6.92 Å². The van der Waals surface area contributed by atoms with Crippen molar-refractivity contribution >= 4 is 5.91 Å². The quantitative estimate of drug-likeness (QED) is 0.800. The van der Waals surface area contributed by atoms with E-state index in [2.05, 4.69) is 26.9 Å². The molecular formula is C16H32N4O. The first kappa shape index (κ1) is 16.7. The van der Waals surface area contributed by atoms with Gasteiger partial charge in [-0.1, -0.05) is 6.92 Å². The summed E-state index contributed by atoms with van der Waals surface area (Å²) < 4.78 is 0. The lowest BCUT2D eigenvalue weighted by Gasteiger charge is -2.40. The zero-order valence-electron chi connectivity index (χ0n) is 14.0. The zero-order valence-corrected chi connectivity index (χ0v) is 14.0. The van der Waals surface area contributed by atoms with Crippen LogP contribution in [0.25, 0.3) is 0 Å². The monoisotopic (exact) mass is 296 g/mol. The Morgan fingerprint density at radius 1 is 1.10 bits per heavy atom. The average molecular weight is 296 g/mol. The number of hydrogen-bond acceptors (Lipinski definition) is 4. The van der Waals surface area contributed by atoms with Gasteiger partial charge in [-0.15, -0.1) is 0 Å². The second kappa shape index (κ2) is 8.11. The minimum atomic E-state index is 0.00458. The van der Waals surface area contributed by atoms with Crippen LogP contribution in [0.4, 0.5) is 0 Å². The van der Waals surface area contributed by atoms with E-state index in [1.54, 1.807) is 7.05 Å². The topological polar surface area (TPSA) is 38.8 Å². The summed E-state index contributed by atoms with van der Waals surface area (Å²) in [5, 5.41) is 2.75. The number of piperazine rings is 1.